The smallest absolute Gasteiger partial charge is 0.312 e. The van der Waals surface area contributed by atoms with E-state index in [4.69, 9.17) is 4.84 Å². The van der Waals surface area contributed by atoms with E-state index in [-0.39, 0.29) is 5.69 Å². The van der Waals surface area contributed by atoms with Gasteiger partial charge in [0.05, 0.1) is 16.6 Å². The molecule has 0 saturated heterocycles. The summed E-state index contributed by atoms with van der Waals surface area (Å²) in [5.74, 6) is -0.485. The van der Waals surface area contributed by atoms with Gasteiger partial charge in [-0.1, -0.05) is 41.6 Å². The van der Waals surface area contributed by atoms with Gasteiger partial charge in [0.25, 0.3) is 0 Å². The third kappa shape index (κ3) is 2.39. The average Bonchev–Trinajstić information content (AvgIpc) is 3.10. The van der Waals surface area contributed by atoms with Gasteiger partial charge in [0.2, 0.25) is 0 Å². The molecule has 0 N–H and O–H groups in total. The summed E-state index contributed by atoms with van der Waals surface area (Å²) < 4.78 is 3.17. The molecule has 3 aromatic rings. The zero-order valence-electron chi connectivity index (χ0n) is 13.8. The molecule has 2 aromatic carbocycles. The summed E-state index contributed by atoms with van der Waals surface area (Å²) in [5.41, 5.74) is 4.05. The van der Waals surface area contributed by atoms with E-state index in [9.17, 15) is 9.59 Å². The van der Waals surface area contributed by atoms with Crippen LogP contribution >= 0.6 is 0 Å². The van der Waals surface area contributed by atoms with Gasteiger partial charge in [0.1, 0.15) is 5.71 Å². The Balaban J connectivity index is 1.83. The lowest BCUT2D eigenvalue weighted by molar-refractivity contribution is -0.136. The molecule has 1 aromatic heterocycles. The molecule has 124 valence electrons. The fourth-order valence-electron chi connectivity index (χ4n) is 2.99. The van der Waals surface area contributed by atoms with Crippen LogP contribution in [0.25, 0.3) is 17.1 Å². The van der Waals surface area contributed by atoms with E-state index < -0.39 is 5.97 Å². The van der Waals surface area contributed by atoms with Crippen LogP contribution in [0.3, 0.4) is 0 Å². The first-order chi connectivity index (χ1) is 12.1. The molecule has 2 heterocycles. The SMILES string of the molecule is Cn1c(=O)n(C)c2cc(/C=C3/C(=O)ON=C3c3ccccc3)ccc21. The highest BCUT2D eigenvalue weighted by atomic mass is 16.7. The van der Waals surface area contributed by atoms with Crippen LogP contribution in [0.1, 0.15) is 11.1 Å². The van der Waals surface area contributed by atoms with E-state index in [2.05, 4.69) is 5.16 Å². The molecule has 0 amide bonds. The Labute approximate surface area is 143 Å². The predicted octanol–water partition coefficient (Wildman–Crippen LogP) is 2.22. The number of carbonyl (C=O) groups is 1. The minimum atomic E-state index is -0.485. The molecule has 0 aliphatic carbocycles. The second kappa shape index (κ2) is 5.59. The molecule has 0 unspecified atom stereocenters. The zero-order valence-corrected chi connectivity index (χ0v) is 13.8. The second-order valence-electron chi connectivity index (χ2n) is 5.89. The van der Waals surface area contributed by atoms with Crippen molar-refractivity contribution in [3.05, 3.63) is 75.7 Å². The van der Waals surface area contributed by atoms with Gasteiger partial charge >= 0.3 is 11.7 Å². The normalized spacial score (nSPS) is 15.7. The molecule has 4 rings (SSSR count). The van der Waals surface area contributed by atoms with Crippen LogP contribution in [0.5, 0.6) is 0 Å². The minimum absolute atomic E-state index is 0.0911. The van der Waals surface area contributed by atoms with Crippen molar-refractivity contribution in [2.45, 2.75) is 0 Å². The van der Waals surface area contributed by atoms with Crippen molar-refractivity contribution in [1.29, 1.82) is 0 Å². The van der Waals surface area contributed by atoms with Crippen molar-refractivity contribution in [2.75, 3.05) is 0 Å². The van der Waals surface area contributed by atoms with Gasteiger partial charge in [0, 0.05) is 19.7 Å². The molecule has 6 nitrogen and oxygen atoms in total. The summed E-state index contributed by atoms with van der Waals surface area (Å²) in [6, 6.07) is 15.0. The van der Waals surface area contributed by atoms with E-state index in [0.717, 1.165) is 22.2 Å². The van der Waals surface area contributed by atoms with Gasteiger partial charge in [-0.25, -0.2) is 9.59 Å². The van der Waals surface area contributed by atoms with Crippen molar-refractivity contribution in [1.82, 2.24) is 9.13 Å². The first-order valence-electron chi connectivity index (χ1n) is 7.78. The zero-order chi connectivity index (χ0) is 17.6. The number of carbonyl (C=O) groups excluding carboxylic acids is 1. The van der Waals surface area contributed by atoms with Crippen molar-refractivity contribution < 1.29 is 9.63 Å². The summed E-state index contributed by atoms with van der Waals surface area (Å²) in [7, 11) is 3.46. The van der Waals surface area contributed by atoms with Gasteiger partial charge < -0.3 is 4.84 Å². The molecule has 1 aliphatic heterocycles. The summed E-state index contributed by atoms with van der Waals surface area (Å²) in [6.07, 6.45) is 1.73. The molecule has 25 heavy (non-hydrogen) atoms. The van der Waals surface area contributed by atoms with Crippen LogP contribution in [0.4, 0.5) is 0 Å². The Hall–Kier alpha value is -3.41. The number of nitrogens with zero attached hydrogens (tertiary/aromatic N) is 3. The number of hydrogen-bond acceptors (Lipinski definition) is 4. The number of benzene rings is 2. The molecule has 0 atom stereocenters. The minimum Gasteiger partial charge on any atom is -0.312 e. The van der Waals surface area contributed by atoms with Gasteiger partial charge in [0.15, 0.2) is 0 Å². The Bertz CT molecular complexity index is 1120. The number of aryl methyl sites for hydroxylation is 2. The van der Waals surface area contributed by atoms with E-state index >= 15 is 0 Å². The molecular weight excluding hydrogens is 318 g/mol. The number of hydrogen-bond donors (Lipinski definition) is 0. The van der Waals surface area contributed by atoms with E-state index in [0.29, 0.717) is 11.3 Å². The van der Waals surface area contributed by atoms with Crippen LogP contribution in [0.2, 0.25) is 0 Å². The quantitative estimate of drug-likeness (QED) is 0.533. The molecular formula is C19H15N3O3. The highest BCUT2D eigenvalue weighted by Crippen LogP contribution is 2.22. The van der Waals surface area contributed by atoms with Crippen molar-refractivity contribution in [3.8, 4) is 0 Å². The number of fused-ring (bicyclic) bond motifs is 1. The average molecular weight is 333 g/mol. The van der Waals surface area contributed by atoms with Gasteiger partial charge in [-0.05, 0) is 23.8 Å². The third-order valence-corrected chi connectivity index (χ3v) is 4.35. The monoisotopic (exact) mass is 333 g/mol. The second-order valence-corrected chi connectivity index (χ2v) is 5.89. The predicted molar refractivity (Wildman–Crippen MR) is 95.2 cm³/mol. The molecule has 0 saturated carbocycles. The largest absolute Gasteiger partial charge is 0.368 e. The van der Waals surface area contributed by atoms with Gasteiger partial charge in [-0.15, -0.1) is 0 Å². The van der Waals surface area contributed by atoms with Gasteiger partial charge in [-0.2, -0.15) is 0 Å². The molecule has 6 heteroatoms. The highest BCUT2D eigenvalue weighted by molar-refractivity contribution is 6.31. The first kappa shape index (κ1) is 15.1. The third-order valence-electron chi connectivity index (χ3n) is 4.35. The molecule has 1 aliphatic rings. The maximum Gasteiger partial charge on any atom is 0.368 e. The summed E-state index contributed by atoms with van der Waals surface area (Å²) in [5, 5.41) is 3.90. The first-order valence-corrected chi connectivity index (χ1v) is 7.78. The number of rotatable bonds is 2. The standard InChI is InChI=1S/C19H15N3O3/c1-21-15-9-8-12(11-16(15)22(2)19(21)24)10-14-17(20-25-18(14)23)13-6-4-3-5-7-13/h3-11H,1-2H3/b14-10+. The molecule has 0 fully saturated rings. The molecule has 0 radical (unpaired) electrons. The maximum atomic E-state index is 12.1. The lowest BCUT2D eigenvalue weighted by Gasteiger charge is -2.02. The van der Waals surface area contributed by atoms with E-state index in [1.807, 2.05) is 48.5 Å². The fraction of sp³-hybridized carbons (Fsp3) is 0.105. The fourth-order valence-corrected chi connectivity index (χ4v) is 2.99. The summed E-state index contributed by atoms with van der Waals surface area (Å²) in [4.78, 5) is 29.0. The Morgan fingerprint density at radius 1 is 0.960 bits per heavy atom. The lowest BCUT2D eigenvalue weighted by Crippen LogP contribution is -2.19. The maximum absolute atomic E-state index is 12.1. The van der Waals surface area contributed by atoms with Crippen LogP contribution in [0.15, 0.2) is 64.1 Å². The number of aromatic nitrogens is 2. The van der Waals surface area contributed by atoms with Gasteiger partial charge in [-0.3, -0.25) is 9.13 Å². The van der Waals surface area contributed by atoms with Crippen LogP contribution in [0, 0.1) is 0 Å². The topological polar surface area (TPSA) is 65.6 Å². The number of imidazole rings is 1. The van der Waals surface area contributed by atoms with Crippen LogP contribution < -0.4 is 5.69 Å². The Morgan fingerprint density at radius 3 is 2.44 bits per heavy atom. The lowest BCUT2D eigenvalue weighted by atomic mass is 10.0. The van der Waals surface area contributed by atoms with Crippen LogP contribution in [-0.4, -0.2) is 20.8 Å². The van der Waals surface area contributed by atoms with Crippen molar-refractivity contribution in [3.63, 3.8) is 0 Å². The Morgan fingerprint density at radius 2 is 1.68 bits per heavy atom. The summed E-state index contributed by atoms with van der Waals surface area (Å²) in [6.45, 7) is 0. The van der Waals surface area contributed by atoms with E-state index in [1.54, 1.807) is 29.3 Å². The van der Waals surface area contributed by atoms with Crippen molar-refractivity contribution in [2.24, 2.45) is 19.3 Å². The van der Waals surface area contributed by atoms with Crippen molar-refractivity contribution >= 4 is 28.8 Å². The Kier molecular flexibility index (Phi) is 3.39. The highest BCUT2D eigenvalue weighted by Gasteiger charge is 2.26. The number of oxime groups is 1. The molecule has 0 spiro atoms. The summed E-state index contributed by atoms with van der Waals surface area (Å²) >= 11 is 0. The van der Waals surface area contributed by atoms with E-state index in [1.165, 1.54) is 0 Å². The van der Waals surface area contributed by atoms with Crippen LogP contribution in [-0.2, 0) is 23.7 Å². The molecule has 0 bridgehead atoms.